The summed E-state index contributed by atoms with van der Waals surface area (Å²) in [5.41, 5.74) is -0.0511. The Morgan fingerprint density at radius 1 is 1.09 bits per heavy atom. The Hall–Kier alpha value is -1.71. The number of methoxy groups -OCH3 is 1. The van der Waals surface area contributed by atoms with Gasteiger partial charge in [0.25, 0.3) is 0 Å². The molecule has 1 aromatic rings. The van der Waals surface area contributed by atoms with Crippen molar-refractivity contribution >= 4 is 5.91 Å². The molecule has 124 valence electrons. The third-order valence-corrected chi connectivity index (χ3v) is 3.11. The van der Waals surface area contributed by atoms with Crippen LogP contribution in [0, 0.1) is 5.41 Å². The molecule has 0 saturated heterocycles. The molecular formula is C18H29NO3. The molecule has 1 aromatic carbocycles. The largest absolute Gasteiger partial charge is 0.493 e. The third kappa shape index (κ3) is 6.83. The van der Waals surface area contributed by atoms with Gasteiger partial charge in [0, 0.05) is 5.54 Å². The van der Waals surface area contributed by atoms with Gasteiger partial charge in [-0.3, -0.25) is 4.79 Å². The zero-order valence-electron chi connectivity index (χ0n) is 14.7. The van der Waals surface area contributed by atoms with Crippen molar-refractivity contribution in [1.82, 2.24) is 5.32 Å². The van der Waals surface area contributed by atoms with Crippen molar-refractivity contribution in [1.29, 1.82) is 0 Å². The molecule has 4 nitrogen and oxygen atoms in total. The lowest BCUT2D eigenvalue weighted by Gasteiger charge is -2.33. The summed E-state index contributed by atoms with van der Waals surface area (Å²) in [6.45, 7) is 11.0. The minimum Gasteiger partial charge on any atom is -0.493 e. The van der Waals surface area contributed by atoms with E-state index in [1.54, 1.807) is 7.11 Å². The monoisotopic (exact) mass is 307 g/mol. The van der Waals surface area contributed by atoms with Gasteiger partial charge in [0.15, 0.2) is 11.5 Å². The molecule has 1 amide bonds. The first-order chi connectivity index (χ1) is 10.1. The number of carbonyl (C=O) groups is 1. The predicted molar refractivity (Wildman–Crippen MR) is 89.4 cm³/mol. The fraction of sp³-hybridized carbons (Fsp3) is 0.611. The minimum absolute atomic E-state index is 0.00384. The molecule has 0 radical (unpaired) electrons. The highest BCUT2D eigenvalue weighted by molar-refractivity contribution is 5.76. The maximum Gasteiger partial charge on any atom is 0.223 e. The molecule has 0 atom stereocenters. The van der Waals surface area contributed by atoms with Gasteiger partial charge in [-0.25, -0.2) is 0 Å². The first kappa shape index (κ1) is 18.3. The summed E-state index contributed by atoms with van der Waals surface area (Å²) in [6.07, 6.45) is 1.24. The number of hydrogen-bond acceptors (Lipinski definition) is 3. The van der Waals surface area contributed by atoms with E-state index in [2.05, 4.69) is 39.9 Å². The molecule has 1 N–H and O–H groups in total. The Labute approximate surface area is 134 Å². The van der Waals surface area contributed by atoms with Crippen LogP contribution in [0.5, 0.6) is 11.5 Å². The number of carbonyl (C=O) groups excluding carboxylic acids is 1. The SMILES string of the molecule is COc1ccccc1OCCC(=O)NC(C)(C)CC(C)(C)C. The van der Waals surface area contributed by atoms with Gasteiger partial charge in [0.1, 0.15) is 0 Å². The molecule has 0 aliphatic heterocycles. The molecule has 0 aliphatic carbocycles. The molecule has 0 aromatic heterocycles. The van der Waals surface area contributed by atoms with Gasteiger partial charge in [-0.1, -0.05) is 32.9 Å². The summed E-state index contributed by atoms with van der Waals surface area (Å²) >= 11 is 0. The Kier molecular flexibility index (Phi) is 6.27. The molecule has 0 fully saturated rings. The number of amides is 1. The van der Waals surface area contributed by atoms with Crippen molar-refractivity contribution in [3.05, 3.63) is 24.3 Å². The second-order valence-electron chi connectivity index (χ2n) is 7.42. The van der Waals surface area contributed by atoms with Crippen LogP contribution in [0.15, 0.2) is 24.3 Å². The highest BCUT2D eigenvalue weighted by Gasteiger charge is 2.26. The van der Waals surface area contributed by atoms with E-state index in [-0.39, 0.29) is 16.9 Å². The summed E-state index contributed by atoms with van der Waals surface area (Å²) in [5.74, 6) is 1.34. The van der Waals surface area contributed by atoms with Crippen molar-refractivity contribution in [3.8, 4) is 11.5 Å². The maximum absolute atomic E-state index is 12.1. The Morgan fingerprint density at radius 2 is 1.68 bits per heavy atom. The fourth-order valence-corrected chi connectivity index (χ4v) is 2.80. The number of ether oxygens (including phenoxy) is 2. The Balaban J connectivity index is 2.43. The average Bonchev–Trinajstić information content (AvgIpc) is 2.35. The van der Waals surface area contributed by atoms with E-state index in [1.165, 1.54) is 0 Å². The average molecular weight is 307 g/mol. The van der Waals surface area contributed by atoms with Crippen LogP contribution in [-0.4, -0.2) is 25.2 Å². The number of benzene rings is 1. The van der Waals surface area contributed by atoms with Gasteiger partial charge < -0.3 is 14.8 Å². The zero-order chi connectivity index (χ0) is 16.8. The molecule has 0 saturated carbocycles. The first-order valence-corrected chi connectivity index (χ1v) is 7.70. The molecule has 0 bridgehead atoms. The fourth-order valence-electron chi connectivity index (χ4n) is 2.80. The summed E-state index contributed by atoms with van der Waals surface area (Å²) in [7, 11) is 1.60. The first-order valence-electron chi connectivity index (χ1n) is 7.70. The van der Waals surface area contributed by atoms with Gasteiger partial charge in [-0.15, -0.1) is 0 Å². The Bertz CT molecular complexity index is 489. The Morgan fingerprint density at radius 3 is 2.23 bits per heavy atom. The smallest absolute Gasteiger partial charge is 0.223 e. The van der Waals surface area contributed by atoms with Gasteiger partial charge >= 0.3 is 0 Å². The van der Waals surface area contributed by atoms with Crippen molar-refractivity contribution in [2.45, 2.75) is 53.0 Å². The lowest BCUT2D eigenvalue weighted by atomic mass is 9.82. The second-order valence-corrected chi connectivity index (χ2v) is 7.42. The van der Waals surface area contributed by atoms with E-state index in [0.717, 1.165) is 6.42 Å². The number of rotatable bonds is 7. The standard InChI is InChI=1S/C18H29NO3/c1-17(2,3)13-18(4,5)19-16(20)11-12-22-15-10-8-7-9-14(15)21-6/h7-10H,11-13H2,1-6H3,(H,19,20). The van der Waals surface area contributed by atoms with E-state index < -0.39 is 0 Å². The van der Waals surface area contributed by atoms with Crippen LogP contribution in [-0.2, 0) is 4.79 Å². The van der Waals surface area contributed by atoms with Crippen molar-refractivity contribution in [2.75, 3.05) is 13.7 Å². The summed E-state index contributed by atoms with van der Waals surface area (Å²) in [6, 6.07) is 7.43. The highest BCUT2D eigenvalue weighted by atomic mass is 16.5. The topological polar surface area (TPSA) is 47.6 Å². The normalized spacial score (nSPS) is 11.9. The summed E-state index contributed by atoms with van der Waals surface area (Å²) in [4.78, 5) is 12.1. The minimum atomic E-state index is -0.222. The maximum atomic E-state index is 12.1. The van der Waals surface area contributed by atoms with E-state index in [1.807, 2.05) is 24.3 Å². The van der Waals surface area contributed by atoms with E-state index in [9.17, 15) is 4.79 Å². The van der Waals surface area contributed by atoms with Crippen LogP contribution < -0.4 is 14.8 Å². The lowest BCUT2D eigenvalue weighted by molar-refractivity contribution is -0.123. The number of nitrogens with one attached hydrogen (secondary N) is 1. The van der Waals surface area contributed by atoms with Crippen LogP contribution in [0.1, 0.15) is 47.5 Å². The van der Waals surface area contributed by atoms with Crippen molar-refractivity contribution in [3.63, 3.8) is 0 Å². The van der Waals surface area contributed by atoms with Crippen molar-refractivity contribution in [2.24, 2.45) is 5.41 Å². The van der Waals surface area contributed by atoms with E-state index >= 15 is 0 Å². The molecule has 1 rings (SSSR count). The lowest BCUT2D eigenvalue weighted by Crippen LogP contribution is -2.46. The van der Waals surface area contributed by atoms with E-state index in [4.69, 9.17) is 9.47 Å². The second kappa shape index (κ2) is 7.52. The molecule has 0 aliphatic rings. The van der Waals surface area contributed by atoms with Crippen LogP contribution >= 0.6 is 0 Å². The molecular weight excluding hydrogens is 278 g/mol. The van der Waals surface area contributed by atoms with Crippen LogP contribution in [0.25, 0.3) is 0 Å². The quantitative estimate of drug-likeness (QED) is 0.833. The van der Waals surface area contributed by atoms with Gasteiger partial charge in [0.2, 0.25) is 5.91 Å². The van der Waals surface area contributed by atoms with Gasteiger partial charge in [-0.05, 0) is 37.8 Å². The molecule has 4 heteroatoms. The third-order valence-electron chi connectivity index (χ3n) is 3.11. The van der Waals surface area contributed by atoms with Crippen LogP contribution in [0.3, 0.4) is 0 Å². The molecule has 0 unspecified atom stereocenters. The van der Waals surface area contributed by atoms with E-state index in [0.29, 0.717) is 24.5 Å². The van der Waals surface area contributed by atoms with Crippen LogP contribution in [0.4, 0.5) is 0 Å². The number of para-hydroxylation sites is 2. The molecule has 0 spiro atoms. The highest BCUT2D eigenvalue weighted by Crippen LogP contribution is 2.27. The predicted octanol–water partition coefficient (Wildman–Crippen LogP) is 3.80. The molecule has 0 heterocycles. The number of hydrogen-bond donors (Lipinski definition) is 1. The van der Waals surface area contributed by atoms with Crippen molar-refractivity contribution < 1.29 is 14.3 Å². The summed E-state index contributed by atoms with van der Waals surface area (Å²) in [5, 5.41) is 3.08. The zero-order valence-corrected chi connectivity index (χ0v) is 14.7. The van der Waals surface area contributed by atoms with Gasteiger partial charge in [0.05, 0.1) is 20.1 Å². The van der Waals surface area contributed by atoms with Gasteiger partial charge in [-0.2, -0.15) is 0 Å². The molecule has 22 heavy (non-hydrogen) atoms. The van der Waals surface area contributed by atoms with Crippen LogP contribution in [0.2, 0.25) is 0 Å². The summed E-state index contributed by atoms with van der Waals surface area (Å²) < 4.78 is 10.8.